The van der Waals surface area contributed by atoms with E-state index in [0.29, 0.717) is 25.9 Å². The van der Waals surface area contributed by atoms with Crippen LogP contribution in [-0.2, 0) is 13.1 Å². The maximum Gasteiger partial charge on any atom is 0.0824 e. The van der Waals surface area contributed by atoms with Gasteiger partial charge in [-0.2, -0.15) is 0 Å². The highest BCUT2D eigenvalue weighted by molar-refractivity contribution is 7.82. The highest BCUT2D eigenvalue weighted by atomic mass is 32.1. The SMILES string of the molecule is CCCCNC(=S)CC(=S)NCc1ccc(CNC(=S)CC(=S)NCCCC)cc1. The topological polar surface area (TPSA) is 48.1 Å². The maximum atomic E-state index is 5.39. The number of nitrogens with one attached hydrogen (secondary N) is 4. The molecule has 0 spiro atoms. The van der Waals surface area contributed by atoms with Crippen LogP contribution in [0.25, 0.3) is 0 Å². The molecule has 0 amide bonds. The predicted octanol–water partition coefficient (Wildman–Crippen LogP) is 4.74. The minimum absolute atomic E-state index is 0.600. The van der Waals surface area contributed by atoms with Gasteiger partial charge in [0.05, 0.1) is 20.0 Å². The lowest BCUT2D eigenvalue weighted by Gasteiger charge is -2.12. The summed E-state index contributed by atoms with van der Waals surface area (Å²) in [6.07, 6.45) is 5.74. The molecule has 1 rings (SSSR count). The van der Waals surface area contributed by atoms with Gasteiger partial charge in [-0.25, -0.2) is 0 Å². The van der Waals surface area contributed by atoms with Gasteiger partial charge in [0.25, 0.3) is 0 Å². The summed E-state index contributed by atoms with van der Waals surface area (Å²) in [5.41, 5.74) is 2.35. The lowest BCUT2D eigenvalue weighted by Crippen LogP contribution is -2.30. The van der Waals surface area contributed by atoms with E-state index in [1.165, 1.54) is 11.1 Å². The fourth-order valence-electron chi connectivity index (χ4n) is 2.53. The van der Waals surface area contributed by atoms with Crippen LogP contribution < -0.4 is 21.3 Å². The fraction of sp³-hybridized carbons (Fsp3) is 0.545. The molecular formula is C22H34N4S4. The number of hydrogen-bond acceptors (Lipinski definition) is 4. The number of unbranched alkanes of at least 4 members (excludes halogenated alkanes) is 2. The largest absolute Gasteiger partial charge is 0.379 e. The van der Waals surface area contributed by atoms with Crippen molar-refractivity contribution in [1.29, 1.82) is 0 Å². The monoisotopic (exact) mass is 482 g/mol. The number of benzene rings is 1. The van der Waals surface area contributed by atoms with Crippen molar-refractivity contribution >= 4 is 68.8 Å². The van der Waals surface area contributed by atoms with E-state index < -0.39 is 0 Å². The summed E-state index contributed by atoms with van der Waals surface area (Å²) in [5, 5.41) is 13.0. The number of thiocarbonyl (C=S) groups is 4. The number of hydrogen-bond donors (Lipinski definition) is 4. The summed E-state index contributed by atoms with van der Waals surface area (Å²) in [7, 11) is 0. The molecule has 0 aromatic heterocycles. The maximum absolute atomic E-state index is 5.39. The smallest absolute Gasteiger partial charge is 0.0824 e. The Morgan fingerprint density at radius 3 is 1.27 bits per heavy atom. The average Bonchev–Trinajstić information content (AvgIpc) is 2.72. The molecule has 0 unspecified atom stereocenters. The third kappa shape index (κ3) is 13.2. The van der Waals surface area contributed by atoms with Crippen LogP contribution in [0, 0.1) is 0 Å². The van der Waals surface area contributed by atoms with Crippen molar-refractivity contribution in [3.05, 3.63) is 35.4 Å². The lowest BCUT2D eigenvalue weighted by molar-refractivity contribution is 0.755. The Morgan fingerprint density at radius 2 is 0.933 bits per heavy atom. The average molecular weight is 483 g/mol. The molecule has 0 fully saturated rings. The van der Waals surface area contributed by atoms with Crippen molar-refractivity contribution in [2.24, 2.45) is 0 Å². The number of rotatable bonds is 14. The minimum Gasteiger partial charge on any atom is -0.379 e. The first-order valence-corrected chi connectivity index (χ1v) is 12.2. The lowest BCUT2D eigenvalue weighted by atomic mass is 10.1. The molecular weight excluding hydrogens is 449 g/mol. The Labute approximate surface area is 203 Å². The van der Waals surface area contributed by atoms with E-state index in [4.69, 9.17) is 48.9 Å². The summed E-state index contributed by atoms with van der Waals surface area (Å²) >= 11 is 21.4. The Balaban J connectivity index is 2.28. The quantitative estimate of drug-likeness (QED) is 0.224. The van der Waals surface area contributed by atoms with Gasteiger partial charge in [0.1, 0.15) is 0 Å². The van der Waals surface area contributed by atoms with Gasteiger partial charge in [0, 0.05) is 39.0 Å². The van der Waals surface area contributed by atoms with Crippen molar-refractivity contribution in [1.82, 2.24) is 21.3 Å². The zero-order valence-electron chi connectivity index (χ0n) is 18.0. The summed E-state index contributed by atoms with van der Waals surface area (Å²) in [5.74, 6) is 0. The van der Waals surface area contributed by atoms with Crippen LogP contribution in [0.5, 0.6) is 0 Å². The summed E-state index contributed by atoms with van der Waals surface area (Å²) < 4.78 is 0. The first-order chi connectivity index (χ1) is 14.4. The molecule has 1 aromatic carbocycles. The van der Waals surface area contributed by atoms with Crippen molar-refractivity contribution in [2.75, 3.05) is 13.1 Å². The van der Waals surface area contributed by atoms with Gasteiger partial charge >= 0.3 is 0 Å². The van der Waals surface area contributed by atoms with Crippen LogP contribution >= 0.6 is 48.9 Å². The first kappa shape index (κ1) is 26.8. The van der Waals surface area contributed by atoms with Crippen molar-refractivity contribution in [3.63, 3.8) is 0 Å². The van der Waals surface area contributed by atoms with E-state index in [0.717, 1.165) is 58.7 Å². The highest BCUT2D eigenvalue weighted by Gasteiger charge is 2.04. The zero-order valence-corrected chi connectivity index (χ0v) is 21.3. The minimum atomic E-state index is 0.600. The zero-order chi connectivity index (χ0) is 22.2. The predicted molar refractivity (Wildman–Crippen MR) is 146 cm³/mol. The first-order valence-electron chi connectivity index (χ1n) is 10.6. The Hall–Kier alpha value is -1.22. The van der Waals surface area contributed by atoms with E-state index >= 15 is 0 Å². The van der Waals surface area contributed by atoms with Crippen molar-refractivity contribution < 1.29 is 0 Å². The summed E-state index contributed by atoms with van der Waals surface area (Å²) in [6.45, 7) is 7.54. The van der Waals surface area contributed by atoms with Crippen molar-refractivity contribution in [2.45, 2.75) is 65.5 Å². The highest BCUT2D eigenvalue weighted by Crippen LogP contribution is 2.05. The van der Waals surface area contributed by atoms with E-state index in [1.54, 1.807) is 0 Å². The van der Waals surface area contributed by atoms with E-state index in [9.17, 15) is 0 Å². The molecule has 0 saturated carbocycles. The van der Waals surface area contributed by atoms with E-state index in [-0.39, 0.29) is 0 Å². The molecule has 0 radical (unpaired) electrons. The molecule has 1 aromatic rings. The third-order valence-electron chi connectivity index (χ3n) is 4.35. The molecule has 0 aliphatic carbocycles. The molecule has 0 bridgehead atoms. The Bertz CT molecular complexity index is 630. The molecule has 0 heterocycles. The molecule has 30 heavy (non-hydrogen) atoms. The van der Waals surface area contributed by atoms with Gasteiger partial charge in [-0.05, 0) is 24.0 Å². The van der Waals surface area contributed by atoms with E-state index in [1.807, 2.05) is 0 Å². The standard InChI is InChI=1S/C22H34N4S4/c1-3-5-11-23-19(27)13-21(29)25-15-17-7-9-18(10-8-17)16-26-22(30)14-20(28)24-12-6-4-2/h7-10H,3-6,11-16H2,1-2H3,(H,23,27)(H,24,28)(H,25,29)(H,26,30). The molecule has 0 aliphatic heterocycles. The van der Waals surface area contributed by atoms with Crippen LogP contribution in [0.2, 0.25) is 0 Å². The molecule has 0 saturated heterocycles. The second-order valence-electron chi connectivity index (χ2n) is 7.13. The van der Waals surface area contributed by atoms with Crippen LogP contribution in [0.3, 0.4) is 0 Å². The van der Waals surface area contributed by atoms with Crippen LogP contribution in [0.1, 0.15) is 63.5 Å². The molecule has 166 valence electrons. The normalized spacial score (nSPS) is 10.2. The van der Waals surface area contributed by atoms with E-state index in [2.05, 4.69) is 59.4 Å². The second kappa shape index (κ2) is 16.5. The van der Waals surface area contributed by atoms with Gasteiger partial charge < -0.3 is 21.3 Å². The van der Waals surface area contributed by atoms with Crippen LogP contribution in [0.4, 0.5) is 0 Å². The van der Waals surface area contributed by atoms with Gasteiger partial charge in [-0.1, -0.05) is 99.8 Å². The third-order valence-corrected chi connectivity index (χ3v) is 5.50. The van der Waals surface area contributed by atoms with Crippen LogP contribution in [-0.4, -0.2) is 33.0 Å². The van der Waals surface area contributed by atoms with Crippen LogP contribution in [0.15, 0.2) is 24.3 Å². The molecule has 0 aliphatic rings. The molecule has 4 N–H and O–H groups in total. The second-order valence-corrected chi connectivity index (χ2v) is 9.10. The fourth-order valence-corrected chi connectivity index (χ4v) is 3.64. The van der Waals surface area contributed by atoms with Gasteiger partial charge in [0.15, 0.2) is 0 Å². The summed E-state index contributed by atoms with van der Waals surface area (Å²) in [4.78, 5) is 3.14. The Kier molecular flexibility index (Phi) is 14.7. The van der Waals surface area contributed by atoms with Gasteiger partial charge in [-0.3, -0.25) is 0 Å². The molecule has 4 nitrogen and oxygen atoms in total. The van der Waals surface area contributed by atoms with Crippen molar-refractivity contribution in [3.8, 4) is 0 Å². The van der Waals surface area contributed by atoms with Gasteiger partial charge in [0.2, 0.25) is 0 Å². The summed E-state index contributed by atoms with van der Waals surface area (Å²) in [6, 6.07) is 8.41. The molecule has 0 atom stereocenters. The Morgan fingerprint density at radius 1 is 0.600 bits per heavy atom. The molecule has 8 heteroatoms. The van der Waals surface area contributed by atoms with Gasteiger partial charge in [-0.15, -0.1) is 0 Å².